The van der Waals surface area contributed by atoms with Crippen LogP contribution >= 0.6 is 12.4 Å². The number of carbonyl (C=O) groups is 1. The molecule has 2 rings (SSSR count). The molecule has 1 saturated heterocycles. The normalized spacial score (nSPS) is 28.5. The molecule has 0 aromatic carbocycles. The van der Waals surface area contributed by atoms with E-state index in [2.05, 4.69) is 31.4 Å². The monoisotopic (exact) mass is 288 g/mol. The molecule has 2 N–H and O–H groups in total. The molecule has 1 aliphatic carbocycles. The van der Waals surface area contributed by atoms with E-state index in [0.717, 1.165) is 25.9 Å². The zero-order valence-electron chi connectivity index (χ0n) is 12.6. The maximum atomic E-state index is 12.3. The predicted octanol–water partition coefficient (Wildman–Crippen LogP) is 2.88. The van der Waals surface area contributed by atoms with Gasteiger partial charge in [0.2, 0.25) is 5.91 Å². The topological polar surface area (TPSA) is 41.1 Å². The highest BCUT2D eigenvalue weighted by Crippen LogP contribution is 2.37. The second kappa shape index (κ2) is 6.45. The largest absolute Gasteiger partial charge is 0.354 e. The van der Waals surface area contributed by atoms with Crippen molar-refractivity contribution in [3.63, 3.8) is 0 Å². The van der Waals surface area contributed by atoms with Gasteiger partial charge in [-0.2, -0.15) is 0 Å². The smallest absolute Gasteiger partial charge is 0.225 e. The average Bonchev–Trinajstić information content (AvgIpc) is 2.75. The zero-order valence-corrected chi connectivity index (χ0v) is 13.4. The van der Waals surface area contributed by atoms with E-state index >= 15 is 0 Å². The van der Waals surface area contributed by atoms with Gasteiger partial charge >= 0.3 is 0 Å². The van der Waals surface area contributed by atoms with Gasteiger partial charge in [-0.3, -0.25) is 4.79 Å². The summed E-state index contributed by atoms with van der Waals surface area (Å²) in [4.78, 5) is 12.3. The number of carbonyl (C=O) groups excluding carboxylic acids is 1. The van der Waals surface area contributed by atoms with Gasteiger partial charge in [-0.15, -0.1) is 12.4 Å². The standard InChI is InChI=1S/C15H28N2O.ClH/c1-14(2)7-6-10-16-12(14)11-17-13(18)15(3)8-4-5-9-15;/h12,16H,4-11H2,1-3H3,(H,17,18);1H. The van der Waals surface area contributed by atoms with Gasteiger partial charge in [0, 0.05) is 18.0 Å². The van der Waals surface area contributed by atoms with Crippen LogP contribution in [0, 0.1) is 10.8 Å². The van der Waals surface area contributed by atoms with Crippen molar-refractivity contribution in [3.05, 3.63) is 0 Å². The summed E-state index contributed by atoms with van der Waals surface area (Å²) in [5.74, 6) is 0.267. The van der Waals surface area contributed by atoms with Crippen molar-refractivity contribution in [2.75, 3.05) is 13.1 Å². The fourth-order valence-corrected chi connectivity index (χ4v) is 3.41. The maximum Gasteiger partial charge on any atom is 0.225 e. The highest BCUT2D eigenvalue weighted by Gasteiger charge is 2.37. The van der Waals surface area contributed by atoms with Crippen LogP contribution in [-0.4, -0.2) is 25.0 Å². The molecule has 4 heteroatoms. The molecule has 2 aliphatic rings. The molecule has 0 bridgehead atoms. The predicted molar refractivity (Wildman–Crippen MR) is 81.6 cm³/mol. The van der Waals surface area contributed by atoms with Crippen molar-refractivity contribution in [3.8, 4) is 0 Å². The van der Waals surface area contributed by atoms with Crippen LogP contribution in [0.5, 0.6) is 0 Å². The first kappa shape index (κ1) is 16.8. The molecule has 0 aromatic rings. The van der Waals surface area contributed by atoms with Crippen molar-refractivity contribution in [2.24, 2.45) is 10.8 Å². The highest BCUT2D eigenvalue weighted by atomic mass is 35.5. The molecular formula is C15H29ClN2O. The van der Waals surface area contributed by atoms with Crippen LogP contribution < -0.4 is 10.6 Å². The molecule has 1 atom stereocenters. The summed E-state index contributed by atoms with van der Waals surface area (Å²) in [6.07, 6.45) is 7.02. The third kappa shape index (κ3) is 3.85. The first-order valence-electron chi connectivity index (χ1n) is 7.46. The Kier molecular flexibility index (Phi) is 5.69. The second-order valence-corrected chi connectivity index (χ2v) is 7.08. The minimum absolute atomic E-state index is 0. The number of amides is 1. The summed E-state index contributed by atoms with van der Waals surface area (Å²) < 4.78 is 0. The van der Waals surface area contributed by atoms with Gasteiger partial charge in [0.25, 0.3) is 0 Å². The lowest BCUT2D eigenvalue weighted by atomic mass is 9.77. The van der Waals surface area contributed by atoms with Gasteiger partial charge in [0.05, 0.1) is 0 Å². The van der Waals surface area contributed by atoms with Crippen molar-refractivity contribution in [2.45, 2.75) is 65.3 Å². The van der Waals surface area contributed by atoms with E-state index in [1.807, 2.05) is 0 Å². The van der Waals surface area contributed by atoms with Crippen LogP contribution in [0.4, 0.5) is 0 Å². The van der Waals surface area contributed by atoms with E-state index in [1.165, 1.54) is 25.7 Å². The van der Waals surface area contributed by atoms with E-state index in [9.17, 15) is 4.79 Å². The zero-order chi connectivity index (χ0) is 13.2. The lowest BCUT2D eigenvalue weighted by molar-refractivity contribution is -0.130. The van der Waals surface area contributed by atoms with Gasteiger partial charge in [-0.25, -0.2) is 0 Å². The number of nitrogens with one attached hydrogen (secondary N) is 2. The number of halogens is 1. The summed E-state index contributed by atoms with van der Waals surface area (Å²) >= 11 is 0. The minimum atomic E-state index is -0.0984. The first-order chi connectivity index (χ1) is 8.44. The summed E-state index contributed by atoms with van der Waals surface area (Å²) in [6.45, 7) is 8.58. The Morgan fingerprint density at radius 2 is 1.79 bits per heavy atom. The minimum Gasteiger partial charge on any atom is -0.354 e. The summed E-state index contributed by atoms with van der Waals surface area (Å²) in [5.41, 5.74) is 0.195. The Morgan fingerprint density at radius 1 is 1.16 bits per heavy atom. The number of hydrogen-bond acceptors (Lipinski definition) is 2. The Morgan fingerprint density at radius 3 is 2.37 bits per heavy atom. The van der Waals surface area contributed by atoms with Crippen molar-refractivity contribution >= 4 is 18.3 Å². The van der Waals surface area contributed by atoms with Gasteiger partial charge in [-0.05, 0) is 37.6 Å². The van der Waals surface area contributed by atoms with Crippen LogP contribution in [0.25, 0.3) is 0 Å². The van der Waals surface area contributed by atoms with Gasteiger partial charge in [-0.1, -0.05) is 33.6 Å². The highest BCUT2D eigenvalue weighted by molar-refractivity contribution is 5.85. The molecule has 0 spiro atoms. The number of piperidine rings is 1. The van der Waals surface area contributed by atoms with Crippen LogP contribution in [0.15, 0.2) is 0 Å². The average molecular weight is 289 g/mol. The summed E-state index contributed by atoms with van der Waals surface area (Å²) in [6, 6.07) is 0.417. The van der Waals surface area contributed by atoms with Gasteiger partial charge in [0.1, 0.15) is 0 Å². The Balaban J connectivity index is 0.00000180. The fourth-order valence-electron chi connectivity index (χ4n) is 3.41. The molecule has 112 valence electrons. The number of rotatable bonds is 3. The maximum absolute atomic E-state index is 12.3. The molecule has 1 amide bonds. The van der Waals surface area contributed by atoms with Crippen LogP contribution in [0.2, 0.25) is 0 Å². The molecule has 1 unspecified atom stereocenters. The lowest BCUT2D eigenvalue weighted by Gasteiger charge is -2.40. The van der Waals surface area contributed by atoms with E-state index in [0.29, 0.717) is 11.5 Å². The first-order valence-corrected chi connectivity index (χ1v) is 7.46. The van der Waals surface area contributed by atoms with Crippen LogP contribution in [0.3, 0.4) is 0 Å². The molecule has 3 nitrogen and oxygen atoms in total. The summed E-state index contributed by atoms with van der Waals surface area (Å²) in [5, 5.41) is 6.74. The molecule has 0 radical (unpaired) electrons. The Bertz CT molecular complexity index is 311. The van der Waals surface area contributed by atoms with E-state index < -0.39 is 0 Å². The second-order valence-electron chi connectivity index (χ2n) is 7.08. The van der Waals surface area contributed by atoms with Crippen LogP contribution in [-0.2, 0) is 4.79 Å². The van der Waals surface area contributed by atoms with E-state index in [1.54, 1.807) is 0 Å². The van der Waals surface area contributed by atoms with Crippen molar-refractivity contribution < 1.29 is 4.79 Å². The molecular weight excluding hydrogens is 260 g/mol. The van der Waals surface area contributed by atoms with Crippen LogP contribution in [0.1, 0.15) is 59.3 Å². The van der Waals surface area contributed by atoms with Crippen molar-refractivity contribution in [1.29, 1.82) is 0 Å². The molecule has 0 aromatic heterocycles. The van der Waals surface area contributed by atoms with Crippen molar-refractivity contribution in [1.82, 2.24) is 10.6 Å². The summed E-state index contributed by atoms with van der Waals surface area (Å²) in [7, 11) is 0. The SMILES string of the molecule is CC1(C(=O)NCC2NCCCC2(C)C)CCCC1.Cl. The molecule has 2 fully saturated rings. The molecule has 1 saturated carbocycles. The Hall–Kier alpha value is -0.280. The molecule has 19 heavy (non-hydrogen) atoms. The third-order valence-electron chi connectivity index (χ3n) is 5.05. The third-order valence-corrected chi connectivity index (χ3v) is 5.05. The van der Waals surface area contributed by atoms with E-state index in [-0.39, 0.29) is 23.7 Å². The lowest BCUT2D eigenvalue weighted by Crippen LogP contribution is -2.54. The number of hydrogen-bond donors (Lipinski definition) is 2. The van der Waals surface area contributed by atoms with Gasteiger partial charge in [0.15, 0.2) is 0 Å². The van der Waals surface area contributed by atoms with E-state index in [4.69, 9.17) is 0 Å². The Labute approximate surface area is 123 Å². The quantitative estimate of drug-likeness (QED) is 0.838. The molecule has 1 heterocycles. The molecule has 1 aliphatic heterocycles. The fraction of sp³-hybridized carbons (Fsp3) is 0.933. The van der Waals surface area contributed by atoms with Gasteiger partial charge < -0.3 is 10.6 Å².